The van der Waals surface area contributed by atoms with Crippen molar-refractivity contribution in [1.82, 2.24) is 14.6 Å². The first kappa shape index (κ1) is 11.8. The molecule has 0 saturated carbocycles. The molecule has 1 aromatic carbocycles. The summed E-state index contributed by atoms with van der Waals surface area (Å²) in [5.41, 5.74) is 3.46. The molecular formula is C15H14FN3. The number of fused-ring (bicyclic) bond motifs is 1. The standard InChI is InChI=1S/C15H14FN3/c1-11-10-15-17-13(8-9-19(15)18-11)7-6-12-4-2-3-5-14(12)16/h2-5,8-10H,6-7H2,1H3. The van der Waals surface area contributed by atoms with Crippen molar-refractivity contribution in [3.05, 3.63) is 65.4 Å². The Bertz CT molecular complexity index is 718. The molecule has 2 aromatic heterocycles. The summed E-state index contributed by atoms with van der Waals surface area (Å²) in [6, 6.07) is 10.7. The van der Waals surface area contributed by atoms with Crippen LogP contribution in [0.1, 0.15) is 17.0 Å². The maximum Gasteiger partial charge on any atom is 0.155 e. The van der Waals surface area contributed by atoms with Gasteiger partial charge in [0.1, 0.15) is 5.82 Å². The van der Waals surface area contributed by atoms with E-state index in [0.29, 0.717) is 6.42 Å². The highest BCUT2D eigenvalue weighted by Gasteiger charge is 2.04. The molecule has 0 spiro atoms. The Balaban J connectivity index is 1.80. The zero-order valence-electron chi connectivity index (χ0n) is 10.7. The summed E-state index contributed by atoms with van der Waals surface area (Å²) < 4.78 is 15.3. The highest BCUT2D eigenvalue weighted by atomic mass is 19.1. The van der Waals surface area contributed by atoms with Gasteiger partial charge in [-0.05, 0) is 37.5 Å². The van der Waals surface area contributed by atoms with Crippen LogP contribution in [0.15, 0.2) is 42.6 Å². The molecule has 0 aliphatic rings. The Morgan fingerprint density at radius 3 is 2.84 bits per heavy atom. The molecule has 0 bridgehead atoms. The third-order valence-electron chi connectivity index (χ3n) is 3.11. The van der Waals surface area contributed by atoms with Crippen molar-refractivity contribution in [3.8, 4) is 0 Å². The van der Waals surface area contributed by atoms with E-state index in [2.05, 4.69) is 10.1 Å². The Hall–Kier alpha value is -2.23. The Morgan fingerprint density at radius 2 is 2.00 bits per heavy atom. The van der Waals surface area contributed by atoms with Crippen LogP contribution in [0, 0.1) is 12.7 Å². The molecule has 0 fully saturated rings. The minimum absolute atomic E-state index is 0.149. The SMILES string of the molecule is Cc1cc2nc(CCc3ccccc3F)ccn2n1. The van der Waals surface area contributed by atoms with E-state index in [0.717, 1.165) is 29.0 Å². The van der Waals surface area contributed by atoms with Gasteiger partial charge in [-0.1, -0.05) is 18.2 Å². The lowest BCUT2D eigenvalue weighted by molar-refractivity contribution is 0.608. The molecule has 2 heterocycles. The quantitative estimate of drug-likeness (QED) is 0.720. The van der Waals surface area contributed by atoms with E-state index in [1.54, 1.807) is 10.6 Å². The lowest BCUT2D eigenvalue weighted by Crippen LogP contribution is -1.99. The second-order valence-electron chi connectivity index (χ2n) is 4.60. The number of halogens is 1. The molecule has 3 rings (SSSR count). The fraction of sp³-hybridized carbons (Fsp3) is 0.200. The van der Waals surface area contributed by atoms with Gasteiger partial charge in [-0.15, -0.1) is 0 Å². The molecule has 0 radical (unpaired) electrons. The summed E-state index contributed by atoms with van der Waals surface area (Å²) in [5, 5.41) is 4.28. The van der Waals surface area contributed by atoms with E-state index < -0.39 is 0 Å². The van der Waals surface area contributed by atoms with E-state index in [9.17, 15) is 4.39 Å². The highest BCUT2D eigenvalue weighted by Crippen LogP contribution is 2.11. The number of aryl methyl sites for hydroxylation is 3. The lowest BCUT2D eigenvalue weighted by atomic mass is 10.1. The molecule has 0 amide bonds. The normalized spacial score (nSPS) is 11.1. The molecule has 96 valence electrons. The van der Waals surface area contributed by atoms with Crippen molar-refractivity contribution in [3.63, 3.8) is 0 Å². The number of nitrogens with zero attached hydrogens (tertiary/aromatic N) is 3. The van der Waals surface area contributed by atoms with Crippen LogP contribution in [-0.2, 0) is 12.8 Å². The third kappa shape index (κ3) is 2.47. The van der Waals surface area contributed by atoms with Crippen LogP contribution in [0.25, 0.3) is 5.65 Å². The van der Waals surface area contributed by atoms with Crippen molar-refractivity contribution in [2.45, 2.75) is 19.8 Å². The minimum atomic E-state index is -0.149. The summed E-state index contributed by atoms with van der Waals surface area (Å²) in [5.74, 6) is -0.149. The van der Waals surface area contributed by atoms with Crippen molar-refractivity contribution >= 4 is 5.65 Å². The van der Waals surface area contributed by atoms with Gasteiger partial charge in [0.05, 0.1) is 5.69 Å². The molecule has 0 unspecified atom stereocenters. The van der Waals surface area contributed by atoms with E-state index >= 15 is 0 Å². The summed E-state index contributed by atoms with van der Waals surface area (Å²) >= 11 is 0. The summed E-state index contributed by atoms with van der Waals surface area (Å²) in [4.78, 5) is 4.52. The maximum atomic E-state index is 13.5. The molecule has 3 aromatic rings. The van der Waals surface area contributed by atoms with E-state index in [1.807, 2.05) is 37.4 Å². The van der Waals surface area contributed by atoms with Crippen LogP contribution in [0.4, 0.5) is 4.39 Å². The van der Waals surface area contributed by atoms with Gasteiger partial charge in [-0.25, -0.2) is 13.9 Å². The summed E-state index contributed by atoms with van der Waals surface area (Å²) in [6.45, 7) is 1.94. The monoisotopic (exact) mass is 255 g/mol. The van der Waals surface area contributed by atoms with Gasteiger partial charge >= 0.3 is 0 Å². The van der Waals surface area contributed by atoms with Crippen molar-refractivity contribution < 1.29 is 4.39 Å². The summed E-state index contributed by atoms with van der Waals surface area (Å²) in [6.07, 6.45) is 3.27. The number of benzene rings is 1. The van der Waals surface area contributed by atoms with Crippen molar-refractivity contribution in [1.29, 1.82) is 0 Å². The van der Waals surface area contributed by atoms with Gasteiger partial charge in [0.2, 0.25) is 0 Å². The molecule has 4 heteroatoms. The Kier molecular flexibility index (Phi) is 2.99. The molecule has 0 N–H and O–H groups in total. The topological polar surface area (TPSA) is 30.2 Å². The van der Waals surface area contributed by atoms with Gasteiger partial charge < -0.3 is 0 Å². The van der Waals surface area contributed by atoms with E-state index in [4.69, 9.17) is 0 Å². The number of aromatic nitrogens is 3. The molecule has 3 nitrogen and oxygen atoms in total. The van der Waals surface area contributed by atoms with Crippen LogP contribution in [0.3, 0.4) is 0 Å². The van der Waals surface area contributed by atoms with Crippen LogP contribution in [0.5, 0.6) is 0 Å². The largest absolute Gasteiger partial charge is 0.234 e. The molecule has 0 aliphatic heterocycles. The predicted octanol–water partition coefficient (Wildman–Crippen LogP) is 2.96. The zero-order chi connectivity index (χ0) is 13.2. The average molecular weight is 255 g/mol. The molecule has 19 heavy (non-hydrogen) atoms. The second-order valence-corrected chi connectivity index (χ2v) is 4.60. The van der Waals surface area contributed by atoms with Gasteiger partial charge in [0, 0.05) is 18.0 Å². The fourth-order valence-electron chi connectivity index (χ4n) is 2.14. The number of hydrogen-bond acceptors (Lipinski definition) is 2. The fourth-order valence-corrected chi connectivity index (χ4v) is 2.14. The Labute approximate surface area is 110 Å². The van der Waals surface area contributed by atoms with Crippen molar-refractivity contribution in [2.75, 3.05) is 0 Å². The number of rotatable bonds is 3. The van der Waals surface area contributed by atoms with Crippen LogP contribution in [0.2, 0.25) is 0 Å². The van der Waals surface area contributed by atoms with E-state index in [1.165, 1.54) is 6.07 Å². The highest BCUT2D eigenvalue weighted by molar-refractivity contribution is 5.39. The number of hydrogen-bond donors (Lipinski definition) is 0. The molecule has 0 aliphatic carbocycles. The average Bonchev–Trinajstić information content (AvgIpc) is 2.77. The van der Waals surface area contributed by atoms with E-state index in [-0.39, 0.29) is 5.82 Å². The molecule has 0 atom stereocenters. The second kappa shape index (κ2) is 4.80. The van der Waals surface area contributed by atoms with Crippen molar-refractivity contribution in [2.24, 2.45) is 0 Å². The van der Waals surface area contributed by atoms with Crippen LogP contribution < -0.4 is 0 Å². The third-order valence-corrected chi connectivity index (χ3v) is 3.11. The molecular weight excluding hydrogens is 241 g/mol. The van der Waals surface area contributed by atoms with Crippen LogP contribution >= 0.6 is 0 Å². The maximum absolute atomic E-state index is 13.5. The van der Waals surface area contributed by atoms with Gasteiger partial charge in [0.15, 0.2) is 5.65 Å². The zero-order valence-corrected chi connectivity index (χ0v) is 10.7. The predicted molar refractivity (Wildman–Crippen MR) is 71.5 cm³/mol. The Morgan fingerprint density at radius 1 is 1.16 bits per heavy atom. The lowest BCUT2D eigenvalue weighted by Gasteiger charge is -2.03. The van der Waals surface area contributed by atoms with Gasteiger partial charge in [0.25, 0.3) is 0 Å². The summed E-state index contributed by atoms with van der Waals surface area (Å²) in [7, 11) is 0. The minimum Gasteiger partial charge on any atom is -0.234 e. The first-order valence-electron chi connectivity index (χ1n) is 6.28. The van der Waals surface area contributed by atoms with Gasteiger partial charge in [-0.3, -0.25) is 0 Å². The first-order valence-corrected chi connectivity index (χ1v) is 6.28. The molecule has 0 saturated heterocycles. The van der Waals surface area contributed by atoms with Crippen LogP contribution in [-0.4, -0.2) is 14.6 Å². The first-order chi connectivity index (χ1) is 9.22. The van der Waals surface area contributed by atoms with Gasteiger partial charge in [-0.2, -0.15) is 5.10 Å². The smallest absolute Gasteiger partial charge is 0.155 e.